The van der Waals surface area contributed by atoms with Crippen molar-refractivity contribution in [2.24, 2.45) is 0 Å². The summed E-state index contributed by atoms with van der Waals surface area (Å²) in [4.78, 5) is 10.9. The molecule has 0 unspecified atom stereocenters. The van der Waals surface area contributed by atoms with Crippen LogP contribution in [0.2, 0.25) is 0 Å². The molecule has 1 aromatic rings. The van der Waals surface area contributed by atoms with Crippen LogP contribution in [-0.4, -0.2) is 30.6 Å². The van der Waals surface area contributed by atoms with E-state index in [1.165, 1.54) is 19.3 Å². The minimum atomic E-state index is -0.971. The van der Waals surface area contributed by atoms with Crippen LogP contribution in [0, 0.1) is 0 Å². The van der Waals surface area contributed by atoms with Crippen molar-refractivity contribution in [3.05, 3.63) is 54.6 Å². The van der Waals surface area contributed by atoms with Crippen LogP contribution < -0.4 is 0 Å². The van der Waals surface area contributed by atoms with Crippen LogP contribution >= 0.6 is 0 Å². The molecule has 0 aliphatic rings. The van der Waals surface area contributed by atoms with Gasteiger partial charge in [0, 0.05) is 0 Å². The number of aliphatic hydroxyl groups is 1. The van der Waals surface area contributed by atoms with Gasteiger partial charge in [-0.05, 0) is 11.6 Å². The topological polar surface area (TPSA) is 55.8 Å². The van der Waals surface area contributed by atoms with E-state index in [0.717, 1.165) is 5.56 Å². The van der Waals surface area contributed by atoms with Crippen LogP contribution in [0.4, 0.5) is 4.79 Å². The molecule has 0 aromatic heterocycles. The fourth-order valence-corrected chi connectivity index (χ4v) is 1.30. The van der Waals surface area contributed by atoms with Crippen molar-refractivity contribution in [3.8, 4) is 0 Å². The third-order valence-electron chi connectivity index (χ3n) is 2.25. The number of benzene rings is 1. The highest BCUT2D eigenvalue weighted by molar-refractivity contribution is 5.60. The van der Waals surface area contributed by atoms with Crippen molar-refractivity contribution < 1.29 is 19.4 Å². The fraction of sp³-hybridized carbons (Fsp3) is 0.214. The molecule has 96 valence electrons. The summed E-state index contributed by atoms with van der Waals surface area (Å²) in [5, 5.41) is 9.82. The first-order valence-corrected chi connectivity index (χ1v) is 5.46. The van der Waals surface area contributed by atoms with Crippen LogP contribution in [0.5, 0.6) is 0 Å². The maximum atomic E-state index is 10.9. The summed E-state index contributed by atoms with van der Waals surface area (Å²) in [6.45, 7) is 3.50. The van der Waals surface area contributed by atoms with Crippen molar-refractivity contribution in [3.63, 3.8) is 0 Å². The number of aliphatic hydroxyl groups excluding tert-OH is 1. The summed E-state index contributed by atoms with van der Waals surface area (Å²) in [6.07, 6.45) is 1.95. The van der Waals surface area contributed by atoms with Crippen LogP contribution in [0.3, 0.4) is 0 Å². The van der Waals surface area contributed by atoms with E-state index in [4.69, 9.17) is 4.74 Å². The molecule has 1 aromatic carbocycles. The Labute approximate surface area is 106 Å². The van der Waals surface area contributed by atoms with E-state index in [2.05, 4.69) is 11.3 Å². The molecule has 0 aliphatic heterocycles. The van der Waals surface area contributed by atoms with Crippen LogP contribution in [0.25, 0.3) is 6.08 Å². The lowest BCUT2D eigenvalue weighted by Crippen LogP contribution is -2.27. The first kappa shape index (κ1) is 14.0. The van der Waals surface area contributed by atoms with Gasteiger partial charge in [0.1, 0.15) is 6.10 Å². The molecule has 0 aliphatic carbocycles. The molecule has 4 nitrogen and oxygen atoms in total. The Morgan fingerprint density at radius 1 is 1.39 bits per heavy atom. The third-order valence-corrected chi connectivity index (χ3v) is 2.25. The molecular weight excluding hydrogens is 232 g/mol. The predicted octanol–water partition coefficient (Wildman–Crippen LogP) is 2.40. The Kier molecular flexibility index (Phi) is 5.67. The quantitative estimate of drug-likeness (QED) is 0.642. The highest BCUT2D eigenvalue weighted by Gasteiger charge is 2.18. The van der Waals surface area contributed by atoms with Gasteiger partial charge in [-0.25, -0.2) is 4.79 Å². The van der Waals surface area contributed by atoms with Crippen molar-refractivity contribution in [1.29, 1.82) is 0 Å². The average Bonchev–Trinajstić information content (AvgIpc) is 2.42. The van der Waals surface area contributed by atoms with E-state index >= 15 is 0 Å². The van der Waals surface area contributed by atoms with Crippen LogP contribution in [0.15, 0.2) is 49.1 Å². The number of rotatable bonds is 5. The van der Waals surface area contributed by atoms with E-state index in [0.29, 0.717) is 0 Å². The molecule has 0 amide bonds. The van der Waals surface area contributed by atoms with Gasteiger partial charge in [0.25, 0.3) is 0 Å². The minimum absolute atomic E-state index is 0.836. The van der Waals surface area contributed by atoms with Crippen molar-refractivity contribution >= 4 is 12.2 Å². The SMILES string of the molecule is C=C[C@H](OC(=O)OC)[C@H](O)/C=C/c1ccccc1. The Hall–Kier alpha value is -2.07. The smallest absolute Gasteiger partial charge is 0.438 e. The minimum Gasteiger partial charge on any atom is -0.438 e. The first-order chi connectivity index (χ1) is 8.67. The van der Waals surface area contributed by atoms with E-state index in [1.54, 1.807) is 6.08 Å². The summed E-state index contributed by atoms with van der Waals surface area (Å²) in [5.74, 6) is 0. The van der Waals surface area contributed by atoms with Gasteiger partial charge in [-0.2, -0.15) is 0 Å². The van der Waals surface area contributed by atoms with Gasteiger partial charge in [-0.15, -0.1) is 0 Å². The highest BCUT2D eigenvalue weighted by Crippen LogP contribution is 2.08. The van der Waals surface area contributed by atoms with E-state index in [1.807, 2.05) is 30.3 Å². The maximum Gasteiger partial charge on any atom is 0.508 e. The second kappa shape index (κ2) is 7.29. The first-order valence-electron chi connectivity index (χ1n) is 5.46. The largest absolute Gasteiger partial charge is 0.508 e. The number of carbonyl (C=O) groups is 1. The van der Waals surface area contributed by atoms with Crippen molar-refractivity contribution in [1.82, 2.24) is 0 Å². The summed E-state index contributed by atoms with van der Waals surface area (Å²) < 4.78 is 9.17. The van der Waals surface area contributed by atoms with Gasteiger partial charge in [0.05, 0.1) is 7.11 Å². The molecule has 0 heterocycles. The van der Waals surface area contributed by atoms with Gasteiger partial charge in [-0.1, -0.05) is 49.1 Å². The predicted molar refractivity (Wildman–Crippen MR) is 69.0 cm³/mol. The molecule has 1 rings (SSSR count). The third kappa shape index (κ3) is 4.43. The van der Waals surface area contributed by atoms with E-state index < -0.39 is 18.4 Å². The molecule has 2 atom stereocenters. The van der Waals surface area contributed by atoms with Gasteiger partial charge >= 0.3 is 6.16 Å². The Morgan fingerprint density at radius 2 is 2.06 bits per heavy atom. The standard InChI is InChI=1S/C14H16O4/c1-3-13(18-14(16)17-2)12(15)10-9-11-7-5-4-6-8-11/h3-10,12-13,15H,1H2,2H3/b10-9+/t12-,13+/m1/s1. The lowest BCUT2D eigenvalue weighted by molar-refractivity contribution is 0.0122. The summed E-state index contributed by atoms with van der Waals surface area (Å²) in [7, 11) is 1.20. The summed E-state index contributed by atoms with van der Waals surface area (Å²) in [6, 6.07) is 9.48. The molecule has 0 saturated carbocycles. The fourth-order valence-electron chi connectivity index (χ4n) is 1.30. The number of carbonyl (C=O) groups excluding carboxylic acids is 1. The monoisotopic (exact) mass is 248 g/mol. The van der Waals surface area contributed by atoms with Crippen LogP contribution in [-0.2, 0) is 9.47 Å². The zero-order chi connectivity index (χ0) is 13.4. The van der Waals surface area contributed by atoms with Gasteiger partial charge in [0.15, 0.2) is 6.10 Å². The molecule has 4 heteroatoms. The Bertz CT molecular complexity index is 411. The number of hydrogen-bond donors (Lipinski definition) is 1. The zero-order valence-electron chi connectivity index (χ0n) is 10.2. The summed E-state index contributed by atoms with van der Waals surface area (Å²) in [5.41, 5.74) is 0.942. The number of hydrogen-bond acceptors (Lipinski definition) is 4. The molecule has 0 spiro atoms. The molecule has 1 N–H and O–H groups in total. The van der Waals surface area contributed by atoms with Crippen LogP contribution in [0.1, 0.15) is 5.56 Å². The lowest BCUT2D eigenvalue weighted by atomic mass is 10.1. The highest BCUT2D eigenvalue weighted by atomic mass is 16.7. The van der Waals surface area contributed by atoms with E-state index in [9.17, 15) is 9.90 Å². The average molecular weight is 248 g/mol. The summed E-state index contributed by atoms with van der Waals surface area (Å²) >= 11 is 0. The second-order valence-corrected chi connectivity index (χ2v) is 3.53. The molecule has 18 heavy (non-hydrogen) atoms. The zero-order valence-corrected chi connectivity index (χ0v) is 10.2. The van der Waals surface area contributed by atoms with Gasteiger partial charge < -0.3 is 14.6 Å². The molecular formula is C14H16O4. The van der Waals surface area contributed by atoms with E-state index in [-0.39, 0.29) is 0 Å². The number of ether oxygens (including phenoxy) is 2. The van der Waals surface area contributed by atoms with Gasteiger partial charge in [0.2, 0.25) is 0 Å². The normalized spacial score (nSPS) is 13.9. The molecule has 0 bridgehead atoms. The molecule has 0 saturated heterocycles. The Balaban J connectivity index is 2.62. The van der Waals surface area contributed by atoms with Gasteiger partial charge in [-0.3, -0.25) is 0 Å². The molecule has 0 radical (unpaired) electrons. The lowest BCUT2D eigenvalue weighted by Gasteiger charge is -2.16. The number of methoxy groups -OCH3 is 1. The van der Waals surface area contributed by atoms with Crippen molar-refractivity contribution in [2.75, 3.05) is 7.11 Å². The Morgan fingerprint density at radius 3 is 2.61 bits per heavy atom. The maximum absolute atomic E-state index is 10.9. The second-order valence-electron chi connectivity index (χ2n) is 3.53. The molecule has 0 fully saturated rings. The van der Waals surface area contributed by atoms with Crippen molar-refractivity contribution in [2.45, 2.75) is 12.2 Å².